The average Bonchev–Trinajstić information content (AvgIpc) is 2.93. The Balaban J connectivity index is 2.11. The fourth-order valence-electron chi connectivity index (χ4n) is 2.49. The van der Waals surface area contributed by atoms with Gasteiger partial charge in [0.25, 0.3) is 0 Å². The Labute approximate surface area is 126 Å². The van der Waals surface area contributed by atoms with Gasteiger partial charge in [-0.25, -0.2) is 4.39 Å². The number of carbonyl (C=O) groups excluding carboxylic acids is 1. The van der Waals surface area contributed by atoms with Gasteiger partial charge in [-0.15, -0.1) is 0 Å². The first-order valence-electron chi connectivity index (χ1n) is 6.70. The van der Waals surface area contributed by atoms with Gasteiger partial charge < -0.3 is 4.98 Å². The summed E-state index contributed by atoms with van der Waals surface area (Å²) in [6.07, 6.45) is 2.58. The summed E-state index contributed by atoms with van der Waals surface area (Å²) >= 11 is 5.75. The van der Waals surface area contributed by atoms with Crippen molar-refractivity contribution in [3.63, 3.8) is 0 Å². The Hall–Kier alpha value is -2.13. The van der Waals surface area contributed by atoms with E-state index in [0.717, 1.165) is 22.9 Å². The van der Waals surface area contributed by atoms with Gasteiger partial charge in [0, 0.05) is 28.2 Å². The summed E-state index contributed by atoms with van der Waals surface area (Å²) in [5.41, 5.74) is 3.08. The molecule has 0 bridgehead atoms. The molecule has 0 radical (unpaired) electrons. The van der Waals surface area contributed by atoms with Gasteiger partial charge in [0.15, 0.2) is 5.78 Å². The van der Waals surface area contributed by atoms with Gasteiger partial charge in [-0.1, -0.05) is 36.7 Å². The molecule has 2 nitrogen and oxygen atoms in total. The first-order valence-corrected chi connectivity index (χ1v) is 7.08. The molecule has 106 valence electrons. The van der Waals surface area contributed by atoms with Crippen molar-refractivity contribution in [2.45, 2.75) is 13.3 Å². The van der Waals surface area contributed by atoms with Gasteiger partial charge in [0.2, 0.25) is 0 Å². The SMILES string of the molecule is CCc1cccc2c(C(=O)c3ccc(F)c(Cl)c3)c[nH]c12. The van der Waals surface area contributed by atoms with Crippen molar-refractivity contribution in [1.82, 2.24) is 4.98 Å². The van der Waals surface area contributed by atoms with E-state index in [9.17, 15) is 9.18 Å². The Kier molecular flexibility index (Phi) is 3.52. The third-order valence-electron chi connectivity index (χ3n) is 3.61. The van der Waals surface area contributed by atoms with Crippen molar-refractivity contribution in [3.8, 4) is 0 Å². The third kappa shape index (κ3) is 2.34. The molecule has 2 aromatic carbocycles. The molecule has 1 aromatic heterocycles. The lowest BCUT2D eigenvalue weighted by atomic mass is 10.0. The number of ketones is 1. The number of aromatic nitrogens is 1. The number of hydrogen-bond donors (Lipinski definition) is 1. The lowest BCUT2D eigenvalue weighted by molar-refractivity contribution is 0.104. The minimum Gasteiger partial charge on any atom is -0.360 e. The zero-order valence-electron chi connectivity index (χ0n) is 11.4. The number of benzene rings is 2. The van der Waals surface area contributed by atoms with Gasteiger partial charge in [0.05, 0.1) is 5.02 Å². The summed E-state index contributed by atoms with van der Waals surface area (Å²) in [6.45, 7) is 2.07. The Morgan fingerprint density at radius 1 is 1.29 bits per heavy atom. The molecule has 3 rings (SSSR count). The van der Waals surface area contributed by atoms with Crippen LogP contribution in [0, 0.1) is 5.82 Å². The van der Waals surface area contributed by atoms with Crippen LogP contribution in [0.2, 0.25) is 5.02 Å². The van der Waals surface area contributed by atoms with Gasteiger partial charge in [-0.2, -0.15) is 0 Å². The van der Waals surface area contributed by atoms with Crippen LogP contribution in [0.3, 0.4) is 0 Å². The van der Waals surface area contributed by atoms with Crippen molar-refractivity contribution in [2.75, 3.05) is 0 Å². The van der Waals surface area contributed by atoms with Crippen molar-refractivity contribution >= 4 is 28.3 Å². The van der Waals surface area contributed by atoms with Gasteiger partial charge in [-0.3, -0.25) is 4.79 Å². The highest BCUT2D eigenvalue weighted by Crippen LogP contribution is 2.25. The normalized spacial score (nSPS) is 11.0. The zero-order valence-corrected chi connectivity index (χ0v) is 12.2. The highest BCUT2D eigenvalue weighted by Gasteiger charge is 2.16. The van der Waals surface area contributed by atoms with E-state index in [4.69, 9.17) is 11.6 Å². The number of carbonyl (C=O) groups is 1. The molecule has 1 N–H and O–H groups in total. The molecule has 0 spiro atoms. The quantitative estimate of drug-likeness (QED) is 0.695. The van der Waals surface area contributed by atoms with Gasteiger partial charge >= 0.3 is 0 Å². The maximum Gasteiger partial charge on any atom is 0.195 e. The van der Waals surface area contributed by atoms with Crippen molar-refractivity contribution in [1.29, 1.82) is 0 Å². The second-order valence-corrected chi connectivity index (χ2v) is 5.26. The molecule has 0 aliphatic heterocycles. The molecule has 0 fully saturated rings. The van der Waals surface area contributed by atoms with Crippen LogP contribution in [0.5, 0.6) is 0 Å². The topological polar surface area (TPSA) is 32.9 Å². The Morgan fingerprint density at radius 2 is 2.10 bits per heavy atom. The minimum absolute atomic E-state index is 0.0464. The van der Waals surface area contributed by atoms with E-state index >= 15 is 0 Å². The Bertz CT molecular complexity index is 838. The van der Waals surface area contributed by atoms with Crippen LogP contribution >= 0.6 is 11.6 Å². The van der Waals surface area contributed by atoms with Crippen LogP contribution in [-0.2, 0) is 6.42 Å². The van der Waals surface area contributed by atoms with Crippen LogP contribution in [-0.4, -0.2) is 10.8 Å². The van der Waals surface area contributed by atoms with E-state index in [1.807, 2.05) is 18.2 Å². The average molecular weight is 302 g/mol. The third-order valence-corrected chi connectivity index (χ3v) is 3.90. The molecule has 21 heavy (non-hydrogen) atoms. The van der Waals surface area contributed by atoms with E-state index in [1.54, 1.807) is 6.20 Å². The lowest BCUT2D eigenvalue weighted by Crippen LogP contribution is -2.00. The second-order valence-electron chi connectivity index (χ2n) is 4.85. The summed E-state index contributed by atoms with van der Waals surface area (Å²) < 4.78 is 13.2. The van der Waals surface area contributed by atoms with E-state index in [2.05, 4.69) is 11.9 Å². The van der Waals surface area contributed by atoms with Crippen LogP contribution in [0.25, 0.3) is 10.9 Å². The number of hydrogen-bond acceptors (Lipinski definition) is 1. The monoisotopic (exact) mass is 301 g/mol. The molecule has 4 heteroatoms. The maximum atomic E-state index is 13.2. The second kappa shape index (κ2) is 5.34. The first-order chi connectivity index (χ1) is 10.1. The number of H-pyrrole nitrogens is 1. The summed E-state index contributed by atoms with van der Waals surface area (Å²) in [5.74, 6) is -0.697. The van der Waals surface area contributed by atoms with Crippen molar-refractivity contribution in [2.24, 2.45) is 0 Å². The molecule has 0 unspecified atom stereocenters. The highest BCUT2D eigenvalue weighted by atomic mass is 35.5. The van der Waals surface area contributed by atoms with Crippen LogP contribution in [0.15, 0.2) is 42.6 Å². The van der Waals surface area contributed by atoms with E-state index < -0.39 is 5.82 Å². The van der Waals surface area contributed by atoms with Gasteiger partial charge in [-0.05, 0) is 30.2 Å². The zero-order chi connectivity index (χ0) is 15.0. The number of fused-ring (bicyclic) bond motifs is 1. The molecule has 3 aromatic rings. The highest BCUT2D eigenvalue weighted by molar-refractivity contribution is 6.31. The molecule has 0 aliphatic rings. The number of rotatable bonds is 3. The molecule has 0 aliphatic carbocycles. The van der Waals surface area contributed by atoms with Gasteiger partial charge in [0.1, 0.15) is 5.82 Å². The fourth-order valence-corrected chi connectivity index (χ4v) is 2.67. The van der Waals surface area contributed by atoms with E-state index in [1.165, 1.54) is 18.2 Å². The largest absolute Gasteiger partial charge is 0.360 e. The maximum absolute atomic E-state index is 13.2. The summed E-state index contributed by atoms with van der Waals surface area (Å²) in [7, 11) is 0. The number of halogens is 2. The molecule has 1 heterocycles. The van der Waals surface area contributed by atoms with Crippen molar-refractivity contribution < 1.29 is 9.18 Å². The standard InChI is InChI=1S/C17H13ClFNO/c1-2-10-4-3-5-12-13(9-20-16(10)12)17(21)11-6-7-15(19)14(18)8-11/h3-9,20H,2H2,1H3. The number of aromatic amines is 1. The van der Waals surface area contributed by atoms with E-state index in [0.29, 0.717) is 11.1 Å². The molecule has 0 saturated carbocycles. The number of aryl methyl sites for hydroxylation is 1. The predicted octanol–water partition coefficient (Wildman–Crippen LogP) is 4.75. The number of nitrogens with one attached hydrogen (secondary N) is 1. The summed E-state index contributed by atoms with van der Waals surface area (Å²) in [6, 6.07) is 9.89. The lowest BCUT2D eigenvalue weighted by Gasteiger charge is -2.03. The predicted molar refractivity (Wildman–Crippen MR) is 82.5 cm³/mol. The molecule has 0 saturated heterocycles. The van der Waals surface area contributed by atoms with Crippen molar-refractivity contribution in [3.05, 3.63) is 70.1 Å². The van der Waals surface area contributed by atoms with Crippen LogP contribution in [0.1, 0.15) is 28.4 Å². The summed E-state index contributed by atoms with van der Waals surface area (Å²) in [5, 5.41) is 0.828. The van der Waals surface area contributed by atoms with Crippen LogP contribution < -0.4 is 0 Å². The first kappa shape index (κ1) is 13.8. The molecule has 0 atom stereocenters. The molecular formula is C17H13ClFNO. The molecule has 0 amide bonds. The molecular weight excluding hydrogens is 289 g/mol. The number of para-hydroxylation sites is 1. The minimum atomic E-state index is -0.527. The fraction of sp³-hybridized carbons (Fsp3) is 0.118. The Morgan fingerprint density at radius 3 is 2.81 bits per heavy atom. The van der Waals surface area contributed by atoms with E-state index in [-0.39, 0.29) is 10.8 Å². The van der Waals surface area contributed by atoms with Crippen LogP contribution in [0.4, 0.5) is 4.39 Å². The smallest absolute Gasteiger partial charge is 0.195 e. The summed E-state index contributed by atoms with van der Waals surface area (Å²) in [4.78, 5) is 15.7.